The number of aliphatic hydroxyl groups is 3. The molecule has 3 heterocycles. The normalized spacial score (nSPS) is 27.3. The topological polar surface area (TPSA) is 140 Å². The second-order valence-corrected chi connectivity index (χ2v) is 8.24. The van der Waals surface area contributed by atoms with Crippen LogP contribution in [-0.2, 0) is 4.74 Å². The first-order chi connectivity index (χ1) is 11.7. The average molecular weight is 369 g/mol. The van der Waals surface area contributed by atoms with Crippen LogP contribution in [0.25, 0.3) is 11.2 Å². The van der Waals surface area contributed by atoms with Crippen molar-refractivity contribution in [3.8, 4) is 0 Å². The van der Waals surface area contributed by atoms with Crippen LogP contribution in [0.2, 0.25) is 0 Å². The van der Waals surface area contributed by atoms with Gasteiger partial charge >= 0.3 is 0 Å². The summed E-state index contributed by atoms with van der Waals surface area (Å²) in [5, 5.41) is 29.9. The lowest BCUT2D eigenvalue weighted by Crippen LogP contribution is -2.33. The van der Waals surface area contributed by atoms with Crippen molar-refractivity contribution in [3.63, 3.8) is 0 Å². The van der Waals surface area contributed by atoms with E-state index in [1.54, 1.807) is 0 Å². The summed E-state index contributed by atoms with van der Waals surface area (Å²) in [6.07, 6.45) is -2.75. The maximum absolute atomic E-state index is 10.2. The Morgan fingerprint density at radius 1 is 1.28 bits per heavy atom. The highest BCUT2D eigenvalue weighted by Crippen LogP contribution is 2.33. The van der Waals surface area contributed by atoms with Gasteiger partial charge in [-0.15, -0.1) is 0 Å². The van der Waals surface area contributed by atoms with Gasteiger partial charge in [-0.25, -0.2) is 15.0 Å². The number of aromatic nitrogens is 4. The summed E-state index contributed by atoms with van der Waals surface area (Å²) < 4.78 is 7.06. The minimum absolute atomic E-state index is 0.0984. The van der Waals surface area contributed by atoms with Gasteiger partial charge in [0.15, 0.2) is 22.8 Å². The van der Waals surface area contributed by atoms with E-state index in [1.807, 2.05) is 0 Å². The van der Waals surface area contributed by atoms with E-state index in [9.17, 15) is 15.3 Å². The second kappa shape index (κ2) is 6.69. The van der Waals surface area contributed by atoms with Gasteiger partial charge in [0.2, 0.25) is 0 Å². The maximum Gasteiger partial charge on any atom is 0.191 e. The van der Waals surface area contributed by atoms with Gasteiger partial charge in [-0.2, -0.15) is 0 Å². The number of imidazole rings is 1. The number of nitrogens with zero attached hydrogens (tertiary/aromatic N) is 4. The molecule has 0 bridgehead atoms. The van der Waals surface area contributed by atoms with Crippen molar-refractivity contribution in [1.82, 2.24) is 19.5 Å². The van der Waals surface area contributed by atoms with Crippen molar-refractivity contribution in [2.24, 2.45) is 5.41 Å². The Labute approximate surface area is 149 Å². The van der Waals surface area contributed by atoms with Crippen LogP contribution in [0.3, 0.4) is 0 Å². The summed E-state index contributed by atoms with van der Waals surface area (Å²) in [5.41, 5.74) is 6.91. The summed E-state index contributed by atoms with van der Waals surface area (Å²) in [7, 11) is 0. The molecule has 1 aliphatic rings. The monoisotopic (exact) mass is 369 g/mol. The summed E-state index contributed by atoms with van der Waals surface area (Å²) in [5.74, 6) is 1.05. The van der Waals surface area contributed by atoms with Gasteiger partial charge in [-0.05, 0) is 5.41 Å². The Morgan fingerprint density at radius 2 is 2.00 bits per heavy atom. The first kappa shape index (κ1) is 18.3. The number of hydrogen-bond acceptors (Lipinski definition) is 9. The number of hydrogen-bond donors (Lipinski definition) is 4. The van der Waals surface area contributed by atoms with E-state index in [0.29, 0.717) is 16.3 Å². The van der Waals surface area contributed by atoms with Crippen LogP contribution in [-0.4, -0.2) is 65.5 Å². The number of ether oxygens (including phenoxy) is 1. The highest BCUT2D eigenvalue weighted by Gasteiger charge is 2.44. The van der Waals surface area contributed by atoms with Crippen molar-refractivity contribution in [2.45, 2.75) is 50.5 Å². The van der Waals surface area contributed by atoms with Gasteiger partial charge in [0.1, 0.15) is 23.8 Å². The van der Waals surface area contributed by atoms with Crippen LogP contribution >= 0.6 is 11.8 Å². The molecule has 0 spiro atoms. The molecule has 0 unspecified atom stereocenters. The van der Waals surface area contributed by atoms with Crippen LogP contribution in [0.15, 0.2) is 11.5 Å². The second-order valence-electron chi connectivity index (χ2n) is 7.29. The van der Waals surface area contributed by atoms with Crippen molar-refractivity contribution in [1.29, 1.82) is 0 Å². The molecule has 2 aromatic rings. The molecule has 0 radical (unpaired) electrons. The molecule has 138 valence electrons. The Balaban J connectivity index is 1.96. The SMILES string of the molecule is CC(C)(C)CSc1nc(N)c2ncn([C@@H]3O[C@H](CO)[C@@H](O)[C@H]3O)c2n1. The van der Waals surface area contributed by atoms with E-state index < -0.39 is 31.1 Å². The number of nitrogens with two attached hydrogens (primary N) is 1. The fraction of sp³-hybridized carbons (Fsp3) is 0.667. The summed E-state index contributed by atoms with van der Waals surface area (Å²) >= 11 is 1.48. The number of aliphatic hydroxyl groups excluding tert-OH is 3. The van der Waals surface area contributed by atoms with E-state index in [1.165, 1.54) is 22.7 Å². The third-order valence-corrected chi connectivity index (χ3v) is 5.30. The Morgan fingerprint density at radius 3 is 2.60 bits per heavy atom. The third-order valence-electron chi connectivity index (χ3n) is 3.85. The molecule has 10 heteroatoms. The van der Waals surface area contributed by atoms with E-state index >= 15 is 0 Å². The smallest absolute Gasteiger partial charge is 0.191 e. The predicted molar refractivity (Wildman–Crippen MR) is 92.9 cm³/mol. The summed E-state index contributed by atoms with van der Waals surface area (Å²) in [4.78, 5) is 13.0. The molecule has 0 amide bonds. The molecule has 3 rings (SSSR count). The van der Waals surface area contributed by atoms with E-state index in [2.05, 4.69) is 35.7 Å². The van der Waals surface area contributed by atoms with Crippen LogP contribution in [0.4, 0.5) is 5.82 Å². The highest BCUT2D eigenvalue weighted by molar-refractivity contribution is 7.99. The first-order valence-corrected chi connectivity index (χ1v) is 8.95. The van der Waals surface area contributed by atoms with E-state index in [0.717, 1.165) is 5.75 Å². The lowest BCUT2D eigenvalue weighted by atomic mass is 10.0. The molecule has 4 atom stereocenters. The van der Waals surface area contributed by atoms with Crippen LogP contribution in [0.5, 0.6) is 0 Å². The molecule has 5 N–H and O–H groups in total. The zero-order valence-corrected chi connectivity index (χ0v) is 15.1. The Bertz CT molecular complexity index is 762. The highest BCUT2D eigenvalue weighted by atomic mass is 32.2. The minimum Gasteiger partial charge on any atom is -0.394 e. The zero-order valence-electron chi connectivity index (χ0n) is 14.3. The molecule has 9 nitrogen and oxygen atoms in total. The molecule has 0 aromatic carbocycles. The lowest BCUT2D eigenvalue weighted by Gasteiger charge is -2.18. The zero-order chi connectivity index (χ0) is 18.4. The summed E-state index contributed by atoms with van der Waals surface area (Å²) in [6.45, 7) is 5.95. The number of anilines is 1. The van der Waals surface area contributed by atoms with Gasteiger partial charge in [-0.1, -0.05) is 32.5 Å². The Kier molecular flexibility index (Phi) is 4.91. The van der Waals surface area contributed by atoms with Crippen molar-refractivity contribution in [3.05, 3.63) is 6.33 Å². The van der Waals surface area contributed by atoms with E-state index in [-0.39, 0.29) is 11.2 Å². The fourth-order valence-electron chi connectivity index (χ4n) is 2.56. The number of nitrogen functional groups attached to an aromatic ring is 1. The fourth-order valence-corrected chi connectivity index (χ4v) is 3.44. The quantitative estimate of drug-likeness (QED) is 0.438. The molecule has 2 aromatic heterocycles. The van der Waals surface area contributed by atoms with Gasteiger partial charge in [0, 0.05) is 5.75 Å². The van der Waals surface area contributed by atoms with Gasteiger partial charge in [-0.3, -0.25) is 4.57 Å². The number of thioether (sulfide) groups is 1. The number of rotatable bonds is 4. The molecule has 1 fully saturated rings. The summed E-state index contributed by atoms with van der Waals surface area (Å²) in [6, 6.07) is 0. The standard InChI is InChI=1S/C15H23N5O4S/c1-15(2,3)5-25-14-18-11(16)8-12(19-14)20(6-17-8)13-10(23)9(22)7(4-21)24-13/h6-7,9-10,13,21-23H,4-5H2,1-3H3,(H2,16,18,19)/t7-,9-,10-,13-/m1/s1. The maximum atomic E-state index is 10.2. The van der Waals surface area contributed by atoms with Gasteiger partial charge in [0.05, 0.1) is 12.9 Å². The largest absolute Gasteiger partial charge is 0.394 e. The average Bonchev–Trinajstić information content (AvgIpc) is 3.07. The predicted octanol–water partition coefficient (Wildman–Crippen LogP) is 0.158. The number of fused-ring (bicyclic) bond motifs is 1. The third kappa shape index (κ3) is 3.58. The van der Waals surface area contributed by atoms with Crippen molar-refractivity contribution < 1.29 is 20.1 Å². The Hall–Kier alpha value is -1.46. The van der Waals surface area contributed by atoms with Gasteiger partial charge in [0.25, 0.3) is 0 Å². The van der Waals surface area contributed by atoms with Crippen LogP contribution in [0.1, 0.15) is 27.0 Å². The minimum atomic E-state index is -1.21. The molecule has 25 heavy (non-hydrogen) atoms. The van der Waals surface area contributed by atoms with E-state index in [4.69, 9.17) is 10.5 Å². The molecular weight excluding hydrogens is 346 g/mol. The van der Waals surface area contributed by atoms with Crippen molar-refractivity contribution in [2.75, 3.05) is 18.1 Å². The molecule has 0 aliphatic carbocycles. The molecule has 1 aliphatic heterocycles. The van der Waals surface area contributed by atoms with Crippen LogP contribution < -0.4 is 5.73 Å². The van der Waals surface area contributed by atoms with Crippen LogP contribution in [0, 0.1) is 5.41 Å². The first-order valence-electron chi connectivity index (χ1n) is 7.96. The molecule has 0 saturated carbocycles. The molecular formula is C15H23N5O4S. The lowest BCUT2D eigenvalue weighted by molar-refractivity contribution is -0.0511. The molecule has 1 saturated heterocycles. The van der Waals surface area contributed by atoms with Gasteiger partial charge < -0.3 is 25.8 Å². The van der Waals surface area contributed by atoms with Crippen molar-refractivity contribution >= 4 is 28.7 Å².